The van der Waals surface area contributed by atoms with Crippen LogP contribution in [-0.2, 0) is 6.54 Å². The van der Waals surface area contributed by atoms with E-state index in [0.717, 1.165) is 30.0 Å². The molecule has 0 atom stereocenters. The number of nitrogens with zero attached hydrogens (tertiary/aromatic N) is 1. The molecule has 0 bridgehead atoms. The van der Waals surface area contributed by atoms with Gasteiger partial charge in [0.15, 0.2) is 0 Å². The van der Waals surface area contributed by atoms with Crippen molar-refractivity contribution in [2.75, 3.05) is 13.7 Å². The van der Waals surface area contributed by atoms with Gasteiger partial charge in [0.25, 0.3) is 0 Å². The molecule has 3 heteroatoms. The van der Waals surface area contributed by atoms with E-state index in [9.17, 15) is 0 Å². The minimum Gasteiger partial charge on any atom is -0.494 e. The molecular weight excluding hydrogens is 236 g/mol. The number of aromatic nitrogens is 1. The van der Waals surface area contributed by atoms with Crippen molar-refractivity contribution in [3.8, 4) is 5.75 Å². The molecule has 1 heterocycles. The number of hydrogen-bond acceptors (Lipinski definition) is 3. The molecule has 0 fully saturated rings. The molecule has 0 saturated heterocycles. The molecule has 1 aromatic carbocycles. The second-order valence-corrected chi connectivity index (χ2v) is 5.00. The van der Waals surface area contributed by atoms with E-state index in [1.54, 1.807) is 7.11 Å². The summed E-state index contributed by atoms with van der Waals surface area (Å²) in [5, 5.41) is 4.56. The lowest BCUT2D eigenvalue weighted by molar-refractivity contribution is 0.418. The van der Waals surface area contributed by atoms with Crippen LogP contribution in [0.5, 0.6) is 5.75 Å². The second kappa shape index (κ2) is 6.02. The average molecular weight is 258 g/mol. The summed E-state index contributed by atoms with van der Waals surface area (Å²) in [4.78, 5) is 4.76. The fraction of sp³-hybridized carbons (Fsp3) is 0.438. The fourth-order valence-electron chi connectivity index (χ4n) is 2.18. The molecule has 3 nitrogen and oxygen atoms in total. The number of para-hydroxylation sites is 1. The van der Waals surface area contributed by atoms with Gasteiger partial charge >= 0.3 is 0 Å². The van der Waals surface area contributed by atoms with Gasteiger partial charge in [-0.3, -0.25) is 0 Å². The summed E-state index contributed by atoms with van der Waals surface area (Å²) in [5.41, 5.74) is 3.36. The van der Waals surface area contributed by atoms with Crippen molar-refractivity contribution in [2.24, 2.45) is 0 Å². The van der Waals surface area contributed by atoms with Crippen LogP contribution < -0.4 is 10.1 Å². The van der Waals surface area contributed by atoms with Gasteiger partial charge < -0.3 is 10.1 Å². The maximum atomic E-state index is 5.44. The third-order valence-electron chi connectivity index (χ3n) is 3.28. The lowest BCUT2D eigenvalue weighted by atomic mass is 10.0. The van der Waals surface area contributed by atoms with Crippen LogP contribution in [-0.4, -0.2) is 18.6 Å². The van der Waals surface area contributed by atoms with E-state index in [2.05, 4.69) is 38.2 Å². The van der Waals surface area contributed by atoms with Crippen LogP contribution in [0.3, 0.4) is 0 Å². The third kappa shape index (κ3) is 2.87. The van der Waals surface area contributed by atoms with Crippen molar-refractivity contribution in [2.45, 2.75) is 33.2 Å². The van der Waals surface area contributed by atoms with Gasteiger partial charge in [0.1, 0.15) is 11.3 Å². The summed E-state index contributed by atoms with van der Waals surface area (Å²) < 4.78 is 5.44. The molecular formula is C16H22N2O. The quantitative estimate of drug-likeness (QED) is 0.891. The highest BCUT2D eigenvalue weighted by Crippen LogP contribution is 2.28. The van der Waals surface area contributed by atoms with Gasteiger partial charge in [0, 0.05) is 17.6 Å². The van der Waals surface area contributed by atoms with Gasteiger partial charge in [0.2, 0.25) is 0 Å². The number of hydrogen-bond donors (Lipinski definition) is 1. The molecule has 0 unspecified atom stereocenters. The summed E-state index contributed by atoms with van der Waals surface area (Å²) in [6, 6.07) is 8.31. The molecule has 0 aliphatic heterocycles. The second-order valence-electron chi connectivity index (χ2n) is 5.00. The highest BCUT2D eigenvalue weighted by atomic mass is 16.5. The van der Waals surface area contributed by atoms with Gasteiger partial charge in [-0.2, -0.15) is 0 Å². The van der Waals surface area contributed by atoms with E-state index in [1.165, 1.54) is 10.9 Å². The standard InChI is InChI=1S/C16H22N2O/c1-5-17-10-12-9-14(11(2)3)18-16-13(12)7-6-8-15(16)19-4/h6-9,11,17H,5,10H2,1-4H3. The Morgan fingerprint density at radius 3 is 2.74 bits per heavy atom. The third-order valence-corrected chi connectivity index (χ3v) is 3.28. The zero-order valence-electron chi connectivity index (χ0n) is 12.2. The highest BCUT2D eigenvalue weighted by Gasteiger charge is 2.11. The minimum absolute atomic E-state index is 0.412. The first-order chi connectivity index (χ1) is 9.17. The van der Waals surface area contributed by atoms with Crippen molar-refractivity contribution < 1.29 is 4.74 Å². The van der Waals surface area contributed by atoms with Gasteiger partial charge in [-0.25, -0.2) is 4.98 Å². The molecule has 2 rings (SSSR count). The summed E-state index contributed by atoms with van der Waals surface area (Å²) in [7, 11) is 1.70. The van der Waals surface area contributed by atoms with E-state index in [4.69, 9.17) is 9.72 Å². The summed E-state index contributed by atoms with van der Waals surface area (Å²) in [5.74, 6) is 1.26. The van der Waals surface area contributed by atoms with Gasteiger partial charge in [0.05, 0.1) is 7.11 Å². The van der Waals surface area contributed by atoms with Crippen LogP contribution in [0.2, 0.25) is 0 Å². The number of methoxy groups -OCH3 is 1. The summed E-state index contributed by atoms with van der Waals surface area (Å²) >= 11 is 0. The Morgan fingerprint density at radius 2 is 2.11 bits per heavy atom. The summed E-state index contributed by atoms with van der Waals surface area (Å²) in [6.07, 6.45) is 0. The highest BCUT2D eigenvalue weighted by molar-refractivity contribution is 5.87. The lowest BCUT2D eigenvalue weighted by Gasteiger charge is -2.14. The van der Waals surface area contributed by atoms with E-state index >= 15 is 0 Å². The van der Waals surface area contributed by atoms with Crippen LogP contribution in [0.1, 0.15) is 37.9 Å². The molecule has 0 aliphatic carbocycles. The van der Waals surface area contributed by atoms with Crippen molar-refractivity contribution in [3.05, 3.63) is 35.5 Å². The number of rotatable bonds is 5. The Balaban J connectivity index is 2.63. The van der Waals surface area contributed by atoms with Crippen molar-refractivity contribution >= 4 is 10.9 Å². The van der Waals surface area contributed by atoms with E-state index in [0.29, 0.717) is 5.92 Å². The first-order valence-electron chi connectivity index (χ1n) is 6.84. The molecule has 0 spiro atoms. The molecule has 1 N–H and O–H groups in total. The maximum Gasteiger partial charge on any atom is 0.145 e. The first-order valence-corrected chi connectivity index (χ1v) is 6.84. The molecule has 19 heavy (non-hydrogen) atoms. The monoisotopic (exact) mass is 258 g/mol. The minimum atomic E-state index is 0.412. The molecule has 1 aromatic heterocycles. The zero-order chi connectivity index (χ0) is 13.8. The Morgan fingerprint density at radius 1 is 1.32 bits per heavy atom. The summed E-state index contributed by atoms with van der Waals surface area (Å²) in [6.45, 7) is 8.28. The SMILES string of the molecule is CCNCc1cc(C(C)C)nc2c(OC)cccc12. The van der Waals surface area contributed by atoms with Crippen LogP contribution in [0.25, 0.3) is 10.9 Å². The van der Waals surface area contributed by atoms with E-state index in [-0.39, 0.29) is 0 Å². The predicted octanol–water partition coefficient (Wildman–Crippen LogP) is 3.48. The van der Waals surface area contributed by atoms with Crippen molar-refractivity contribution in [3.63, 3.8) is 0 Å². The Kier molecular flexibility index (Phi) is 4.38. The Labute approximate surface area is 115 Å². The number of fused-ring (bicyclic) bond motifs is 1. The van der Waals surface area contributed by atoms with E-state index < -0.39 is 0 Å². The zero-order valence-corrected chi connectivity index (χ0v) is 12.2. The molecule has 0 aliphatic rings. The fourth-order valence-corrected chi connectivity index (χ4v) is 2.18. The van der Waals surface area contributed by atoms with Gasteiger partial charge in [-0.15, -0.1) is 0 Å². The van der Waals surface area contributed by atoms with Crippen molar-refractivity contribution in [1.82, 2.24) is 10.3 Å². The molecule has 0 radical (unpaired) electrons. The van der Waals surface area contributed by atoms with Crippen LogP contribution in [0, 0.1) is 0 Å². The normalized spacial score (nSPS) is 11.2. The number of benzene rings is 1. The molecule has 0 saturated carbocycles. The van der Waals surface area contributed by atoms with Gasteiger partial charge in [-0.05, 0) is 30.2 Å². The maximum absolute atomic E-state index is 5.44. The van der Waals surface area contributed by atoms with Crippen LogP contribution >= 0.6 is 0 Å². The first kappa shape index (κ1) is 13.8. The number of nitrogens with one attached hydrogen (secondary N) is 1. The van der Waals surface area contributed by atoms with Crippen LogP contribution in [0.15, 0.2) is 24.3 Å². The van der Waals surface area contributed by atoms with Crippen molar-refractivity contribution in [1.29, 1.82) is 0 Å². The lowest BCUT2D eigenvalue weighted by Crippen LogP contribution is -2.13. The average Bonchev–Trinajstić information content (AvgIpc) is 2.43. The number of pyridine rings is 1. The molecule has 102 valence electrons. The van der Waals surface area contributed by atoms with Gasteiger partial charge in [-0.1, -0.05) is 32.9 Å². The molecule has 0 amide bonds. The number of ether oxygens (including phenoxy) is 1. The Hall–Kier alpha value is -1.61. The topological polar surface area (TPSA) is 34.2 Å². The van der Waals surface area contributed by atoms with E-state index in [1.807, 2.05) is 12.1 Å². The largest absolute Gasteiger partial charge is 0.494 e. The predicted molar refractivity (Wildman–Crippen MR) is 79.8 cm³/mol. The molecule has 2 aromatic rings. The smallest absolute Gasteiger partial charge is 0.145 e. The van der Waals surface area contributed by atoms with Crippen LogP contribution in [0.4, 0.5) is 0 Å². The Bertz CT molecular complexity index is 564.